The summed E-state index contributed by atoms with van der Waals surface area (Å²) in [6.45, 7) is 7.33. The van der Waals surface area contributed by atoms with Crippen LogP contribution in [-0.4, -0.2) is 57.2 Å². The lowest BCUT2D eigenvalue weighted by Gasteiger charge is -2.08. The molecule has 0 fully saturated rings. The predicted molar refractivity (Wildman–Crippen MR) is 102 cm³/mol. The number of carbonyl (C=O) groups is 2. The van der Waals surface area contributed by atoms with E-state index < -0.39 is 0 Å². The van der Waals surface area contributed by atoms with E-state index in [9.17, 15) is 9.59 Å². The number of nitrogens with zero attached hydrogens (tertiary/aromatic N) is 4. The lowest BCUT2D eigenvalue weighted by Crippen LogP contribution is -2.12. The van der Waals surface area contributed by atoms with Gasteiger partial charge in [0.2, 0.25) is 0 Å². The molecule has 0 saturated heterocycles. The Kier molecular flexibility index (Phi) is 7.61. The third kappa shape index (κ3) is 5.20. The van der Waals surface area contributed by atoms with E-state index in [2.05, 4.69) is 14.8 Å². The van der Waals surface area contributed by atoms with Gasteiger partial charge in [0.25, 0.3) is 0 Å². The van der Waals surface area contributed by atoms with Gasteiger partial charge in [-0.3, -0.25) is 9.59 Å². The van der Waals surface area contributed by atoms with E-state index >= 15 is 0 Å². The van der Waals surface area contributed by atoms with Crippen LogP contribution >= 0.6 is 11.8 Å². The van der Waals surface area contributed by atoms with Crippen molar-refractivity contribution in [3.63, 3.8) is 0 Å². The van der Waals surface area contributed by atoms with Crippen molar-refractivity contribution in [1.29, 1.82) is 0 Å². The lowest BCUT2D eigenvalue weighted by atomic mass is 10.2. The first kappa shape index (κ1) is 21.2. The van der Waals surface area contributed by atoms with Crippen molar-refractivity contribution in [2.45, 2.75) is 38.9 Å². The monoisotopic (exact) mass is 394 g/mol. The predicted octanol–water partition coefficient (Wildman–Crippen LogP) is 1.96. The molecule has 0 amide bonds. The molecule has 2 aromatic heterocycles. The largest absolute Gasteiger partial charge is 0.466 e. The van der Waals surface area contributed by atoms with Crippen LogP contribution in [0.2, 0.25) is 0 Å². The maximum atomic E-state index is 12.7. The third-order valence-electron chi connectivity index (χ3n) is 4.26. The molecule has 0 aliphatic carbocycles. The molecule has 2 aromatic rings. The van der Waals surface area contributed by atoms with Crippen molar-refractivity contribution < 1.29 is 19.1 Å². The summed E-state index contributed by atoms with van der Waals surface area (Å²) in [6.07, 6.45) is 0.0620. The molecule has 0 N–H and O–H groups in total. The van der Waals surface area contributed by atoms with Gasteiger partial charge >= 0.3 is 5.97 Å². The molecule has 2 rings (SSSR count). The molecule has 0 aliphatic heterocycles. The van der Waals surface area contributed by atoms with Crippen molar-refractivity contribution in [3.8, 4) is 0 Å². The van der Waals surface area contributed by atoms with E-state index in [-0.39, 0.29) is 23.9 Å². The van der Waals surface area contributed by atoms with Crippen molar-refractivity contribution >= 4 is 23.5 Å². The SMILES string of the molecule is CCOC(=O)Cc1nnc(SCC(=O)c2cc(C)n(CCOC)c2C)n1C. The quantitative estimate of drug-likeness (QED) is 0.346. The van der Waals surface area contributed by atoms with E-state index in [4.69, 9.17) is 9.47 Å². The van der Waals surface area contributed by atoms with Crippen LogP contribution in [0.25, 0.3) is 0 Å². The average molecular weight is 394 g/mol. The zero-order valence-electron chi connectivity index (χ0n) is 16.4. The molecule has 0 saturated carbocycles. The maximum Gasteiger partial charge on any atom is 0.313 e. The van der Waals surface area contributed by atoms with Crippen LogP contribution in [0, 0.1) is 13.8 Å². The first-order valence-electron chi connectivity index (χ1n) is 8.74. The minimum absolute atomic E-state index is 0.0340. The number of ketones is 1. The first-order valence-corrected chi connectivity index (χ1v) is 9.73. The molecular weight excluding hydrogens is 368 g/mol. The van der Waals surface area contributed by atoms with Crippen LogP contribution in [0.1, 0.15) is 34.5 Å². The second-order valence-corrected chi connectivity index (χ2v) is 7.02. The zero-order chi connectivity index (χ0) is 20.0. The summed E-state index contributed by atoms with van der Waals surface area (Å²) in [5.74, 6) is 0.455. The highest BCUT2D eigenvalue weighted by Gasteiger charge is 2.18. The van der Waals surface area contributed by atoms with Crippen LogP contribution in [0.3, 0.4) is 0 Å². The molecule has 0 bridgehead atoms. The first-order chi connectivity index (χ1) is 12.9. The molecule has 2 heterocycles. The van der Waals surface area contributed by atoms with Crippen molar-refractivity contribution in [2.24, 2.45) is 7.05 Å². The highest BCUT2D eigenvalue weighted by Crippen LogP contribution is 2.21. The molecule has 0 aromatic carbocycles. The second kappa shape index (κ2) is 9.70. The molecule has 0 atom stereocenters. The minimum Gasteiger partial charge on any atom is -0.466 e. The van der Waals surface area contributed by atoms with Crippen molar-refractivity contribution in [2.75, 3.05) is 26.1 Å². The lowest BCUT2D eigenvalue weighted by molar-refractivity contribution is -0.142. The number of Topliss-reactive ketones (excluding diaryl/α,β-unsaturated/α-hetero) is 1. The summed E-state index contributed by atoms with van der Waals surface area (Å²) in [7, 11) is 3.44. The van der Waals surface area contributed by atoms with Crippen LogP contribution in [0.5, 0.6) is 0 Å². The van der Waals surface area contributed by atoms with Gasteiger partial charge in [-0.2, -0.15) is 0 Å². The molecule has 0 radical (unpaired) electrons. The average Bonchev–Trinajstić information content (AvgIpc) is 3.11. The molecule has 148 valence electrons. The molecule has 9 heteroatoms. The summed E-state index contributed by atoms with van der Waals surface area (Å²) in [5, 5.41) is 8.69. The second-order valence-electron chi connectivity index (χ2n) is 6.08. The molecule has 27 heavy (non-hydrogen) atoms. The molecule has 0 unspecified atom stereocenters. The molecule has 8 nitrogen and oxygen atoms in total. The molecular formula is C18H26N4O4S. The summed E-state index contributed by atoms with van der Waals surface area (Å²) in [6, 6.07) is 1.91. The van der Waals surface area contributed by atoms with Crippen LogP contribution in [0.4, 0.5) is 0 Å². The number of carbonyl (C=O) groups excluding carboxylic acids is 2. The number of hydrogen-bond donors (Lipinski definition) is 0. The van der Waals surface area contributed by atoms with Crippen LogP contribution in [0.15, 0.2) is 11.2 Å². The van der Waals surface area contributed by atoms with Gasteiger partial charge in [0.05, 0.1) is 19.0 Å². The van der Waals surface area contributed by atoms with Crippen LogP contribution < -0.4 is 0 Å². The van der Waals surface area contributed by atoms with E-state index in [0.717, 1.165) is 17.9 Å². The molecule has 0 spiro atoms. The summed E-state index contributed by atoms with van der Waals surface area (Å²) in [5.41, 5.74) is 2.69. The van der Waals surface area contributed by atoms with Gasteiger partial charge in [-0.15, -0.1) is 10.2 Å². The van der Waals surface area contributed by atoms with Gasteiger partial charge in [-0.25, -0.2) is 0 Å². The number of rotatable bonds is 10. The standard InChI is InChI=1S/C18H26N4O4S/c1-6-26-17(24)10-16-19-20-18(21(16)4)27-11-15(23)14-9-12(2)22(13(14)3)7-8-25-5/h9H,6-8,10-11H2,1-5H3. The van der Waals surface area contributed by atoms with Gasteiger partial charge in [0.1, 0.15) is 12.2 Å². The van der Waals surface area contributed by atoms with Crippen LogP contribution in [-0.2, 0) is 34.3 Å². The number of hydrogen-bond acceptors (Lipinski definition) is 7. The summed E-state index contributed by atoms with van der Waals surface area (Å²) in [4.78, 5) is 24.3. The Morgan fingerprint density at radius 3 is 2.67 bits per heavy atom. The maximum absolute atomic E-state index is 12.7. The topological polar surface area (TPSA) is 88.2 Å². The van der Waals surface area contributed by atoms with Crippen molar-refractivity contribution in [1.82, 2.24) is 19.3 Å². The smallest absolute Gasteiger partial charge is 0.313 e. The minimum atomic E-state index is -0.343. The van der Waals surface area contributed by atoms with Gasteiger partial charge in [-0.05, 0) is 26.8 Å². The fourth-order valence-corrected chi connectivity index (χ4v) is 3.60. The number of esters is 1. The van der Waals surface area contributed by atoms with Gasteiger partial charge < -0.3 is 18.6 Å². The zero-order valence-corrected chi connectivity index (χ0v) is 17.3. The Balaban J connectivity index is 2.02. The number of methoxy groups -OCH3 is 1. The summed E-state index contributed by atoms with van der Waals surface area (Å²) < 4.78 is 13.9. The fraction of sp³-hybridized carbons (Fsp3) is 0.556. The highest BCUT2D eigenvalue weighted by atomic mass is 32.2. The normalized spacial score (nSPS) is 11.0. The van der Waals surface area contributed by atoms with Gasteiger partial charge in [0, 0.05) is 37.7 Å². The Hall–Kier alpha value is -2.13. The van der Waals surface area contributed by atoms with Crippen molar-refractivity contribution in [3.05, 3.63) is 28.8 Å². The Bertz CT molecular complexity index is 813. The Morgan fingerprint density at radius 2 is 2.00 bits per heavy atom. The summed E-state index contributed by atoms with van der Waals surface area (Å²) >= 11 is 1.31. The van der Waals surface area contributed by atoms with E-state index in [1.807, 2.05) is 19.9 Å². The number of aryl methyl sites for hydroxylation is 1. The van der Waals surface area contributed by atoms with Gasteiger partial charge in [-0.1, -0.05) is 11.8 Å². The third-order valence-corrected chi connectivity index (χ3v) is 5.28. The highest BCUT2D eigenvalue weighted by molar-refractivity contribution is 7.99. The Labute approximate surface area is 163 Å². The van der Waals surface area contributed by atoms with E-state index in [1.54, 1.807) is 25.6 Å². The van der Waals surface area contributed by atoms with E-state index in [0.29, 0.717) is 29.8 Å². The van der Waals surface area contributed by atoms with Gasteiger partial charge in [0.15, 0.2) is 10.9 Å². The fourth-order valence-electron chi connectivity index (χ4n) is 2.78. The number of ether oxygens (including phenoxy) is 2. The van der Waals surface area contributed by atoms with E-state index in [1.165, 1.54) is 11.8 Å². The number of aromatic nitrogens is 4. The molecule has 0 aliphatic rings. The number of thioether (sulfide) groups is 1. The Morgan fingerprint density at radius 1 is 1.26 bits per heavy atom.